The molecule has 30 heavy (non-hydrogen) atoms. The Kier molecular flexibility index (Phi) is 3.20. The molecule has 1 N–H and O–H groups in total. The number of hydrogen-bond acceptors (Lipinski definition) is 0. The van der Waals surface area contributed by atoms with Crippen LogP contribution in [0.3, 0.4) is 0 Å². The maximum atomic E-state index is 3.74. The first kappa shape index (κ1) is 16.4. The smallest absolute Gasteiger partial charge is 0.0545 e. The minimum absolute atomic E-state index is 1.15. The molecule has 0 fully saturated rings. The van der Waals surface area contributed by atoms with Gasteiger partial charge in [-0.2, -0.15) is 0 Å². The van der Waals surface area contributed by atoms with Gasteiger partial charge in [0.1, 0.15) is 0 Å². The molecule has 7 rings (SSSR count). The van der Waals surface area contributed by atoms with Crippen LogP contribution in [0.2, 0.25) is 0 Å². The molecule has 1 aromatic heterocycles. The topological polar surface area (TPSA) is 15.8 Å². The molecule has 0 bridgehead atoms. The predicted octanol–water partition coefficient (Wildman–Crippen LogP) is 8.65. The lowest BCUT2D eigenvalue weighted by Gasteiger charge is -2.12. The summed E-state index contributed by atoms with van der Waals surface area (Å²) in [6.45, 7) is 0. The largest absolute Gasteiger partial charge is 0.354 e. The van der Waals surface area contributed by atoms with E-state index in [4.69, 9.17) is 0 Å². The highest BCUT2D eigenvalue weighted by Crippen LogP contribution is 2.42. The van der Waals surface area contributed by atoms with E-state index in [1.165, 1.54) is 65.3 Å². The monoisotopic (exact) mass is 445 g/mol. The highest BCUT2D eigenvalue weighted by molar-refractivity contribution is 9.10. The molecule has 0 aliphatic carbocycles. The molecule has 1 nitrogen and oxygen atoms in total. The van der Waals surface area contributed by atoms with Gasteiger partial charge in [0, 0.05) is 26.1 Å². The second-order valence-electron chi connectivity index (χ2n) is 8.02. The van der Waals surface area contributed by atoms with Crippen molar-refractivity contribution in [3.8, 4) is 11.1 Å². The lowest BCUT2D eigenvalue weighted by atomic mass is 9.92. The van der Waals surface area contributed by atoms with Gasteiger partial charge >= 0.3 is 0 Å². The third kappa shape index (κ3) is 2.12. The van der Waals surface area contributed by atoms with Gasteiger partial charge in [-0.25, -0.2) is 0 Å². The standard InChI is InChI=1S/C28H16BrN/c29-24-12-8-17-6-7-19-15-23-22-14-18(16-4-2-1-3-5-16)9-13-25(22)30-28(23)21-11-10-20(24)26(17)27(19)21/h1-15,30H. The van der Waals surface area contributed by atoms with E-state index in [1.807, 2.05) is 0 Å². The zero-order valence-electron chi connectivity index (χ0n) is 16.0. The normalized spacial score (nSPS) is 12.2. The molecule has 0 unspecified atom stereocenters. The molecule has 0 saturated carbocycles. The zero-order chi connectivity index (χ0) is 19.8. The van der Waals surface area contributed by atoms with E-state index < -0.39 is 0 Å². The number of hydrogen-bond donors (Lipinski definition) is 1. The van der Waals surface area contributed by atoms with Crippen molar-refractivity contribution < 1.29 is 0 Å². The van der Waals surface area contributed by atoms with E-state index in [9.17, 15) is 0 Å². The molecule has 1 heterocycles. The molecule has 0 radical (unpaired) electrons. The van der Waals surface area contributed by atoms with Crippen LogP contribution in [-0.4, -0.2) is 4.98 Å². The molecule has 0 spiro atoms. The molecule has 140 valence electrons. The first-order valence-electron chi connectivity index (χ1n) is 10.1. The van der Waals surface area contributed by atoms with Crippen molar-refractivity contribution in [2.24, 2.45) is 0 Å². The van der Waals surface area contributed by atoms with Crippen LogP contribution >= 0.6 is 15.9 Å². The summed E-state index contributed by atoms with van der Waals surface area (Å²) in [5, 5.41) is 10.4. The van der Waals surface area contributed by atoms with E-state index in [0.29, 0.717) is 0 Å². The van der Waals surface area contributed by atoms with Crippen LogP contribution in [0, 0.1) is 0 Å². The van der Waals surface area contributed by atoms with Crippen molar-refractivity contribution in [3.05, 3.63) is 95.5 Å². The van der Waals surface area contributed by atoms with E-state index in [2.05, 4.69) is 112 Å². The molecule has 0 aliphatic rings. The van der Waals surface area contributed by atoms with Gasteiger partial charge in [-0.3, -0.25) is 0 Å². The molecule has 6 aromatic carbocycles. The Balaban J connectivity index is 1.64. The first-order chi connectivity index (χ1) is 14.8. The van der Waals surface area contributed by atoms with Crippen molar-refractivity contribution in [2.45, 2.75) is 0 Å². The quantitative estimate of drug-likeness (QED) is 0.243. The van der Waals surface area contributed by atoms with Gasteiger partial charge in [0.05, 0.1) is 5.52 Å². The molecule has 7 aromatic rings. The summed E-state index contributed by atoms with van der Waals surface area (Å²) in [6, 6.07) is 33.0. The number of fused-ring (bicyclic) bond motifs is 4. The van der Waals surface area contributed by atoms with Crippen molar-refractivity contribution >= 4 is 70.1 Å². The van der Waals surface area contributed by atoms with Gasteiger partial charge in [-0.15, -0.1) is 0 Å². The minimum Gasteiger partial charge on any atom is -0.354 e. The van der Waals surface area contributed by atoms with Gasteiger partial charge < -0.3 is 4.98 Å². The van der Waals surface area contributed by atoms with Gasteiger partial charge in [-0.05, 0) is 62.3 Å². The minimum atomic E-state index is 1.15. The van der Waals surface area contributed by atoms with Crippen LogP contribution in [0.4, 0.5) is 0 Å². The highest BCUT2D eigenvalue weighted by atomic mass is 79.9. The number of aromatic amines is 1. The highest BCUT2D eigenvalue weighted by Gasteiger charge is 2.15. The predicted molar refractivity (Wildman–Crippen MR) is 133 cm³/mol. The van der Waals surface area contributed by atoms with Crippen LogP contribution < -0.4 is 0 Å². The van der Waals surface area contributed by atoms with Crippen molar-refractivity contribution in [2.75, 3.05) is 0 Å². The molecular formula is C28H16BrN. The molecular weight excluding hydrogens is 430 g/mol. The molecule has 0 amide bonds. The lowest BCUT2D eigenvalue weighted by molar-refractivity contribution is 1.56. The number of benzene rings is 6. The Morgan fingerprint density at radius 3 is 2.20 bits per heavy atom. The Labute approximate surface area is 181 Å². The van der Waals surface area contributed by atoms with E-state index in [0.717, 1.165) is 4.47 Å². The summed E-state index contributed by atoms with van der Waals surface area (Å²) in [6.07, 6.45) is 0. The summed E-state index contributed by atoms with van der Waals surface area (Å²) < 4.78 is 1.15. The molecule has 0 aliphatic heterocycles. The maximum absolute atomic E-state index is 3.74. The summed E-state index contributed by atoms with van der Waals surface area (Å²) >= 11 is 3.74. The summed E-state index contributed by atoms with van der Waals surface area (Å²) in [7, 11) is 0. The Hall–Kier alpha value is -3.36. The fourth-order valence-corrected chi connectivity index (χ4v) is 5.47. The van der Waals surface area contributed by atoms with Crippen LogP contribution in [0.15, 0.2) is 95.5 Å². The number of halogens is 1. The lowest BCUT2D eigenvalue weighted by Crippen LogP contribution is -1.85. The number of aromatic nitrogens is 1. The number of rotatable bonds is 1. The van der Waals surface area contributed by atoms with Crippen LogP contribution in [0.5, 0.6) is 0 Å². The second-order valence-corrected chi connectivity index (χ2v) is 8.87. The summed E-state index contributed by atoms with van der Waals surface area (Å²) in [5.41, 5.74) is 4.90. The average molecular weight is 446 g/mol. The zero-order valence-corrected chi connectivity index (χ0v) is 17.6. The third-order valence-corrected chi connectivity index (χ3v) is 7.10. The Bertz CT molecular complexity index is 1740. The molecule has 0 atom stereocenters. The third-order valence-electron chi connectivity index (χ3n) is 6.41. The van der Waals surface area contributed by atoms with Crippen LogP contribution in [-0.2, 0) is 0 Å². The van der Waals surface area contributed by atoms with Crippen molar-refractivity contribution in [3.63, 3.8) is 0 Å². The second kappa shape index (κ2) is 5.84. The molecule has 0 saturated heterocycles. The van der Waals surface area contributed by atoms with Gasteiger partial charge in [0.25, 0.3) is 0 Å². The average Bonchev–Trinajstić information content (AvgIpc) is 3.17. The number of H-pyrrole nitrogens is 1. The van der Waals surface area contributed by atoms with Crippen LogP contribution in [0.1, 0.15) is 0 Å². The summed E-state index contributed by atoms with van der Waals surface area (Å²) in [5.74, 6) is 0. The van der Waals surface area contributed by atoms with Gasteiger partial charge in [-0.1, -0.05) is 82.7 Å². The van der Waals surface area contributed by atoms with E-state index in [1.54, 1.807) is 0 Å². The van der Waals surface area contributed by atoms with Gasteiger partial charge in [0.2, 0.25) is 0 Å². The Morgan fingerprint density at radius 1 is 0.533 bits per heavy atom. The van der Waals surface area contributed by atoms with Crippen molar-refractivity contribution in [1.82, 2.24) is 4.98 Å². The molecule has 2 heteroatoms. The first-order valence-corrected chi connectivity index (χ1v) is 10.9. The van der Waals surface area contributed by atoms with E-state index >= 15 is 0 Å². The maximum Gasteiger partial charge on any atom is 0.0545 e. The fourth-order valence-electron chi connectivity index (χ4n) is 5.01. The van der Waals surface area contributed by atoms with Crippen LogP contribution in [0.25, 0.3) is 65.3 Å². The summed E-state index contributed by atoms with van der Waals surface area (Å²) in [4.78, 5) is 3.71. The van der Waals surface area contributed by atoms with E-state index in [-0.39, 0.29) is 0 Å². The number of nitrogens with one attached hydrogen (secondary N) is 1. The SMILES string of the molecule is Brc1ccc2ccc3cc4c5cc(-c6ccccc6)ccc5[nH]c4c4ccc1c2c34. The van der Waals surface area contributed by atoms with Gasteiger partial charge in [0.15, 0.2) is 0 Å². The fraction of sp³-hybridized carbons (Fsp3) is 0. The Morgan fingerprint density at radius 2 is 1.30 bits per heavy atom. The van der Waals surface area contributed by atoms with Crippen molar-refractivity contribution in [1.29, 1.82) is 0 Å².